The third kappa shape index (κ3) is 4.20. The van der Waals surface area contributed by atoms with E-state index in [1.165, 1.54) is 47.1 Å². The van der Waals surface area contributed by atoms with E-state index in [9.17, 15) is 9.90 Å². The van der Waals surface area contributed by atoms with Crippen molar-refractivity contribution in [2.24, 2.45) is 5.73 Å². The maximum atomic E-state index is 11.9. The lowest BCUT2D eigenvalue weighted by Gasteiger charge is -2.35. The van der Waals surface area contributed by atoms with E-state index in [0.29, 0.717) is 12.3 Å². The van der Waals surface area contributed by atoms with Crippen molar-refractivity contribution in [1.29, 1.82) is 0 Å². The highest BCUT2D eigenvalue weighted by Crippen LogP contribution is 2.45. The number of carbonyl (C=O) groups is 1. The molecule has 0 aliphatic heterocycles. The van der Waals surface area contributed by atoms with Crippen molar-refractivity contribution in [2.45, 2.75) is 95.1 Å². The minimum atomic E-state index is -0.289. The van der Waals surface area contributed by atoms with Crippen LogP contribution in [0, 0.1) is 0 Å². The minimum Gasteiger partial charge on any atom is -0.389 e. The molecule has 2 unspecified atom stereocenters. The number of ketones is 1. The lowest BCUT2D eigenvalue weighted by atomic mass is 9.71. The van der Waals surface area contributed by atoms with Gasteiger partial charge in [-0.05, 0) is 79.5 Å². The fraction of sp³-hybridized carbons (Fsp3) is 0.625. The van der Waals surface area contributed by atoms with Crippen LogP contribution in [0.4, 0.5) is 0 Å². The summed E-state index contributed by atoms with van der Waals surface area (Å²) in [5.41, 5.74) is 13.0. The molecule has 2 atom stereocenters. The SMILES string of the molecule is NC1CCc2cc(C3CC(=C4CCCCCCC4O)C3)ccc2CCC1=O. The molecule has 0 spiro atoms. The lowest BCUT2D eigenvalue weighted by molar-refractivity contribution is -0.120. The molecule has 0 aromatic heterocycles. The van der Waals surface area contributed by atoms with Crippen LogP contribution in [0.3, 0.4) is 0 Å². The zero-order valence-electron chi connectivity index (χ0n) is 16.4. The molecule has 3 N–H and O–H groups in total. The Balaban J connectivity index is 1.46. The third-order valence-electron chi connectivity index (χ3n) is 7.00. The van der Waals surface area contributed by atoms with Gasteiger partial charge in [0.05, 0.1) is 12.1 Å². The summed E-state index contributed by atoms with van der Waals surface area (Å²) in [7, 11) is 0. The fourth-order valence-corrected chi connectivity index (χ4v) is 5.08. The Bertz CT molecular complexity index is 728. The van der Waals surface area contributed by atoms with Gasteiger partial charge in [-0.3, -0.25) is 4.79 Å². The molecule has 27 heavy (non-hydrogen) atoms. The molecule has 146 valence electrons. The highest BCUT2D eigenvalue weighted by atomic mass is 16.3. The molecule has 3 aliphatic carbocycles. The first-order valence-electron chi connectivity index (χ1n) is 10.9. The first kappa shape index (κ1) is 18.9. The maximum Gasteiger partial charge on any atom is 0.149 e. The molecule has 2 fully saturated rings. The van der Waals surface area contributed by atoms with Crippen LogP contribution in [0.15, 0.2) is 29.3 Å². The number of aliphatic hydroxyl groups is 1. The van der Waals surface area contributed by atoms with Crippen molar-refractivity contribution in [2.75, 3.05) is 0 Å². The van der Waals surface area contributed by atoms with E-state index < -0.39 is 0 Å². The fourth-order valence-electron chi connectivity index (χ4n) is 5.08. The second kappa shape index (κ2) is 8.28. The van der Waals surface area contributed by atoms with Crippen molar-refractivity contribution in [1.82, 2.24) is 0 Å². The molecule has 1 aromatic rings. The molecule has 1 aromatic carbocycles. The van der Waals surface area contributed by atoms with Gasteiger partial charge in [0, 0.05) is 6.42 Å². The quantitative estimate of drug-likeness (QED) is 0.725. The second-order valence-electron chi connectivity index (χ2n) is 8.84. The molecular formula is C24H33NO2. The summed E-state index contributed by atoms with van der Waals surface area (Å²) >= 11 is 0. The van der Waals surface area contributed by atoms with Crippen molar-refractivity contribution in [3.63, 3.8) is 0 Å². The highest BCUT2D eigenvalue weighted by Gasteiger charge is 2.30. The number of benzene rings is 1. The van der Waals surface area contributed by atoms with E-state index in [0.717, 1.165) is 51.4 Å². The standard InChI is InChI=1S/C24H33NO2/c25-22-11-9-17-13-18(8-7-16(17)10-12-24(22)27)19-14-20(15-19)21-5-3-1-2-4-6-23(21)26/h7-8,13,19,22-23,26H,1-6,9-12,14-15,25H2. The summed E-state index contributed by atoms with van der Waals surface area (Å²) in [6.45, 7) is 0. The molecule has 3 aliphatic rings. The molecule has 4 rings (SSSR count). The molecule has 2 saturated carbocycles. The van der Waals surface area contributed by atoms with Crippen LogP contribution < -0.4 is 5.73 Å². The maximum absolute atomic E-state index is 11.9. The first-order valence-corrected chi connectivity index (χ1v) is 10.9. The van der Waals surface area contributed by atoms with E-state index >= 15 is 0 Å². The van der Waals surface area contributed by atoms with Gasteiger partial charge in [0.2, 0.25) is 0 Å². The summed E-state index contributed by atoms with van der Waals surface area (Å²) in [4.78, 5) is 11.9. The second-order valence-corrected chi connectivity index (χ2v) is 8.84. The molecular weight excluding hydrogens is 334 g/mol. The number of nitrogens with two attached hydrogens (primary N) is 1. The van der Waals surface area contributed by atoms with Crippen molar-refractivity contribution >= 4 is 5.78 Å². The zero-order chi connectivity index (χ0) is 18.8. The molecule has 3 nitrogen and oxygen atoms in total. The van der Waals surface area contributed by atoms with E-state index in [-0.39, 0.29) is 17.9 Å². The average molecular weight is 368 g/mol. The monoisotopic (exact) mass is 367 g/mol. The first-order chi connectivity index (χ1) is 13.1. The van der Waals surface area contributed by atoms with Gasteiger partial charge in [-0.25, -0.2) is 0 Å². The van der Waals surface area contributed by atoms with Gasteiger partial charge >= 0.3 is 0 Å². The number of aliphatic hydroxyl groups excluding tert-OH is 1. The Morgan fingerprint density at radius 2 is 1.70 bits per heavy atom. The van der Waals surface area contributed by atoms with Crippen LogP contribution in [-0.4, -0.2) is 23.0 Å². The van der Waals surface area contributed by atoms with Gasteiger partial charge < -0.3 is 10.8 Å². The third-order valence-corrected chi connectivity index (χ3v) is 7.00. The van der Waals surface area contributed by atoms with Gasteiger partial charge in [0.25, 0.3) is 0 Å². The number of aryl methyl sites for hydroxylation is 2. The Kier molecular flexibility index (Phi) is 5.79. The molecule has 0 amide bonds. The van der Waals surface area contributed by atoms with Gasteiger partial charge in [-0.2, -0.15) is 0 Å². The molecule has 0 heterocycles. The lowest BCUT2D eigenvalue weighted by Crippen LogP contribution is -2.32. The van der Waals surface area contributed by atoms with E-state index in [1.807, 2.05) is 0 Å². The zero-order valence-corrected chi connectivity index (χ0v) is 16.4. The van der Waals surface area contributed by atoms with Crippen LogP contribution in [0.2, 0.25) is 0 Å². The summed E-state index contributed by atoms with van der Waals surface area (Å²) < 4.78 is 0. The van der Waals surface area contributed by atoms with Crippen LogP contribution in [0.1, 0.15) is 86.8 Å². The van der Waals surface area contributed by atoms with E-state index in [2.05, 4.69) is 18.2 Å². The molecule has 0 saturated heterocycles. The van der Waals surface area contributed by atoms with Crippen LogP contribution in [0.5, 0.6) is 0 Å². The largest absolute Gasteiger partial charge is 0.389 e. The number of fused-ring (bicyclic) bond motifs is 1. The normalized spacial score (nSPS) is 29.9. The van der Waals surface area contributed by atoms with Crippen LogP contribution in [-0.2, 0) is 17.6 Å². The molecule has 0 radical (unpaired) electrons. The van der Waals surface area contributed by atoms with Gasteiger partial charge in [0.1, 0.15) is 5.78 Å². The Labute approximate surface area is 163 Å². The Morgan fingerprint density at radius 3 is 2.56 bits per heavy atom. The summed E-state index contributed by atoms with van der Waals surface area (Å²) in [5.74, 6) is 0.800. The van der Waals surface area contributed by atoms with Gasteiger partial charge in [-0.1, -0.05) is 43.0 Å². The van der Waals surface area contributed by atoms with Gasteiger partial charge in [-0.15, -0.1) is 0 Å². The number of rotatable bonds is 1. The Morgan fingerprint density at radius 1 is 0.889 bits per heavy atom. The molecule has 3 heteroatoms. The Hall–Kier alpha value is -1.45. The number of allylic oxidation sites excluding steroid dienone is 1. The van der Waals surface area contributed by atoms with Crippen molar-refractivity contribution in [3.05, 3.63) is 46.0 Å². The number of carbonyl (C=O) groups excluding carboxylic acids is 1. The van der Waals surface area contributed by atoms with E-state index in [4.69, 9.17) is 5.73 Å². The summed E-state index contributed by atoms with van der Waals surface area (Å²) in [5, 5.41) is 10.5. The van der Waals surface area contributed by atoms with Crippen molar-refractivity contribution < 1.29 is 9.90 Å². The predicted octanol–water partition coefficient (Wildman–Crippen LogP) is 4.35. The number of Topliss-reactive ketones (excluding diaryl/α,β-unsaturated/α-hetero) is 1. The topological polar surface area (TPSA) is 63.3 Å². The smallest absolute Gasteiger partial charge is 0.149 e. The average Bonchev–Trinajstić information content (AvgIpc) is 2.61. The molecule has 0 bridgehead atoms. The summed E-state index contributed by atoms with van der Waals surface area (Å²) in [6, 6.07) is 6.59. The number of hydrogen-bond donors (Lipinski definition) is 2. The predicted molar refractivity (Wildman–Crippen MR) is 109 cm³/mol. The van der Waals surface area contributed by atoms with Crippen LogP contribution in [0.25, 0.3) is 0 Å². The number of hydrogen-bond acceptors (Lipinski definition) is 3. The van der Waals surface area contributed by atoms with Crippen molar-refractivity contribution in [3.8, 4) is 0 Å². The van der Waals surface area contributed by atoms with E-state index in [1.54, 1.807) is 0 Å². The van der Waals surface area contributed by atoms with Crippen LogP contribution >= 0.6 is 0 Å². The van der Waals surface area contributed by atoms with Gasteiger partial charge in [0.15, 0.2) is 0 Å². The minimum absolute atomic E-state index is 0.198. The highest BCUT2D eigenvalue weighted by molar-refractivity contribution is 5.84. The summed E-state index contributed by atoms with van der Waals surface area (Å²) in [6.07, 6.45) is 12.1.